The first-order chi connectivity index (χ1) is 11.9. The predicted molar refractivity (Wildman–Crippen MR) is 96.2 cm³/mol. The van der Waals surface area contributed by atoms with Crippen molar-refractivity contribution in [2.75, 3.05) is 13.7 Å². The van der Waals surface area contributed by atoms with Crippen LogP contribution in [0.5, 0.6) is 5.75 Å². The molecule has 6 nitrogen and oxygen atoms in total. The molecule has 0 fully saturated rings. The number of benzene rings is 2. The number of hydrogen-bond donors (Lipinski definition) is 2. The van der Waals surface area contributed by atoms with E-state index < -0.39 is 10.0 Å². The maximum Gasteiger partial charge on any atom is 0.251 e. The van der Waals surface area contributed by atoms with Crippen molar-refractivity contribution >= 4 is 15.9 Å². The Bertz CT molecular complexity index is 863. The van der Waals surface area contributed by atoms with Gasteiger partial charge in [0.1, 0.15) is 10.6 Å². The lowest BCUT2D eigenvalue weighted by atomic mass is 10.1. The molecule has 2 N–H and O–H groups in total. The Balaban J connectivity index is 2.22. The Morgan fingerprint density at radius 3 is 2.56 bits per heavy atom. The highest BCUT2D eigenvalue weighted by molar-refractivity contribution is 7.89. The number of nitrogens with one attached hydrogen (secondary N) is 2. The first kappa shape index (κ1) is 19.0. The monoisotopic (exact) mass is 362 g/mol. The van der Waals surface area contributed by atoms with E-state index in [-0.39, 0.29) is 28.7 Å². The van der Waals surface area contributed by atoms with E-state index in [1.807, 2.05) is 31.2 Å². The summed E-state index contributed by atoms with van der Waals surface area (Å²) in [6.07, 6.45) is 0. The summed E-state index contributed by atoms with van der Waals surface area (Å²) in [6, 6.07) is 12.1. The summed E-state index contributed by atoms with van der Waals surface area (Å²) in [4.78, 5) is 12.3. The maximum atomic E-state index is 12.4. The van der Waals surface area contributed by atoms with Crippen LogP contribution in [0, 0.1) is 6.92 Å². The van der Waals surface area contributed by atoms with Gasteiger partial charge in [-0.15, -0.1) is 0 Å². The van der Waals surface area contributed by atoms with Crippen LogP contribution in [0.25, 0.3) is 0 Å². The zero-order chi connectivity index (χ0) is 18.4. The van der Waals surface area contributed by atoms with Gasteiger partial charge in [0, 0.05) is 18.7 Å². The average Bonchev–Trinajstić information content (AvgIpc) is 2.59. The fraction of sp³-hybridized carbons (Fsp3) is 0.278. The minimum absolute atomic E-state index is 0.0555. The van der Waals surface area contributed by atoms with Gasteiger partial charge in [-0.25, -0.2) is 13.1 Å². The van der Waals surface area contributed by atoms with Crippen LogP contribution in [0.3, 0.4) is 0 Å². The molecule has 0 bridgehead atoms. The number of aryl methyl sites for hydroxylation is 1. The van der Waals surface area contributed by atoms with Crippen LogP contribution < -0.4 is 14.8 Å². The van der Waals surface area contributed by atoms with Gasteiger partial charge in [-0.1, -0.05) is 36.8 Å². The normalized spacial score (nSPS) is 11.2. The second-order valence-corrected chi connectivity index (χ2v) is 7.27. The molecule has 0 atom stereocenters. The molecule has 2 aromatic rings. The van der Waals surface area contributed by atoms with E-state index in [9.17, 15) is 13.2 Å². The van der Waals surface area contributed by atoms with Gasteiger partial charge in [0.25, 0.3) is 5.91 Å². The van der Waals surface area contributed by atoms with Crippen molar-refractivity contribution in [1.82, 2.24) is 10.0 Å². The average molecular weight is 362 g/mol. The number of amides is 1. The second-order valence-electron chi connectivity index (χ2n) is 5.54. The highest BCUT2D eigenvalue weighted by Crippen LogP contribution is 2.24. The molecule has 134 valence electrons. The minimum Gasteiger partial charge on any atom is -0.495 e. The van der Waals surface area contributed by atoms with E-state index >= 15 is 0 Å². The van der Waals surface area contributed by atoms with E-state index in [1.54, 1.807) is 6.92 Å². The number of carbonyl (C=O) groups excluding carboxylic acids is 1. The third-order valence-electron chi connectivity index (χ3n) is 3.59. The Kier molecular flexibility index (Phi) is 6.17. The molecule has 0 unspecified atom stereocenters. The van der Waals surface area contributed by atoms with Crippen molar-refractivity contribution in [1.29, 1.82) is 0 Å². The third-order valence-corrected chi connectivity index (χ3v) is 5.15. The highest BCUT2D eigenvalue weighted by Gasteiger charge is 2.20. The summed E-state index contributed by atoms with van der Waals surface area (Å²) in [7, 11) is -2.35. The van der Waals surface area contributed by atoms with Gasteiger partial charge in [-0.05, 0) is 30.7 Å². The maximum absolute atomic E-state index is 12.4. The summed E-state index contributed by atoms with van der Waals surface area (Å²) >= 11 is 0. The van der Waals surface area contributed by atoms with Gasteiger partial charge in [0.15, 0.2) is 0 Å². The van der Waals surface area contributed by atoms with Crippen molar-refractivity contribution in [2.24, 2.45) is 0 Å². The molecular weight excluding hydrogens is 340 g/mol. The van der Waals surface area contributed by atoms with Crippen molar-refractivity contribution in [3.05, 3.63) is 59.2 Å². The van der Waals surface area contributed by atoms with Gasteiger partial charge in [0.05, 0.1) is 7.11 Å². The summed E-state index contributed by atoms with van der Waals surface area (Å²) < 4.78 is 32.1. The van der Waals surface area contributed by atoms with E-state index in [4.69, 9.17) is 4.74 Å². The third kappa shape index (κ3) is 4.80. The number of carbonyl (C=O) groups is 1. The molecule has 0 aromatic heterocycles. The van der Waals surface area contributed by atoms with Crippen LogP contribution >= 0.6 is 0 Å². The van der Waals surface area contributed by atoms with Crippen LogP contribution in [-0.2, 0) is 16.6 Å². The number of methoxy groups -OCH3 is 1. The molecule has 0 saturated carbocycles. The van der Waals surface area contributed by atoms with E-state index in [1.165, 1.54) is 25.3 Å². The van der Waals surface area contributed by atoms with Crippen molar-refractivity contribution in [3.63, 3.8) is 0 Å². The van der Waals surface area contributed by atoms with Gasteiger partial charge in [0.2, 0.25) is 10.0 Å². The number of hydrogen-bond acceptors (Lipinski definition) is 4. The number of ether oxygens (including phenoxy) is 1. The first-order valence-electron chi connectivity index (χ1n) is 7.89. The Morgan fingerprint density at radius 1 is 1.16 bits per heavy atom. The van der Waals surface area contributed by atoms with Crippen LogP contribution in [-0.4, -0.2) is 28.0 Å². The predicted octanol–water partition coefficient (Wildman–Crippen LogP) is 2.23. The summed E-state index contributed by atoms with van der Waals surface area (Å²) in [5, 5.41) is 2.80. The van der Waals surface area contributed by atoms with Crippen molar-refractivity contribution in [2.45, 2.75) is 25.3 Å². The SMILES string of the molecule is CCNS(=O)(=O)c1cc(C(=O)NCc2cccc(C)c2)ccc1OC. The smallest absolute Gasteiger partial charge is 0.251 e. The zero-order valence-corrected chi connectivity index (χ0v) is 15.3. The zero-order valence-electron chi connectivity index (χ0n) is 14.5. The molecule has 2 aromatic carbocycles. The van der Waals surface area contributed by atoms with Crippen molar-refractivity contribution < 1.29 is 17.9 Å². The fourth-order valence-electron chi connectivity index (χ4n) is 2.40. The molecule has 0 heterocycles. The topological polar surface area (TPSA) is 84.5 Å². The fourth-order valence-corrected chi connectivity index (χ4v) is 3.64. The van der Waals surface area contributed by atoms with Gasteiger partial charge in [-0.3, -0.25) is 4.79 Å². The van der Waals surface area contributed by atoms with Crippen LogP contribution in [0.15, 0.2) is 47.4 Å². The van der Waals surface area contributed by atoms with Gasteiger partial charge >= 0.3 is 0 Å². The molecule has 1 amide bonds. The molecule has 2 rings (SSSR count). The standard InChI is InChI=1S/C18H22N2O4S/c1-4-20-25(22,23)17-11-15(8-9-16(17)24-3)18(21)19-12-14-7-5-6-13(2)10-14/h5-11,20H,4,12H2,1-3H3,(H,19,21). The Labute approximate surface area is 148 Å². The molecule has 0 radical (unpaired) electrons. The molecular formula is C18H22N2O4S. The van der Waals surface area contributed by atoms with E-state index in [2.05, 4.69) is 10.0 Å². The lowest BCUT2D eigenvalue weighted by molar-refractivity contribution is 0.0950. The first-order valence-corrected chi connectivity index (χ1v) is 9.37. The molecule has 0 spiro atoms. The van der Waals surface area contributed by atoms with Crippen LogP contribution in [0.1, 0.15) is 28.4 Å². The van der Waals surface area contributed by atoms with E-state index in [0.29, 0.717) is 6.54 Å². The molecule has 0 saturated heterocycles. The Hall–Kier alpha value is -2.38. The largest absolute Gasteiger partial charge is 0.495 e. The minimum atomic E-state index is -3.74. The van der Waals surface area contributed by atoms with Crippen LogP contribution in [0.4, 0.5) is 0 Å². The molecule has 7 heteroatoms. The highest BCUT2D eigenvalue weighted by atomic mass is 32.2. The summed E-state index contributed by atoms with van der Waals surface area (Å²) in [5.74, 6) is -0.159. The molecule has 25 heavy (non-hydrogen) atoms. The quantitative estimate of drug-likeness (QED) is 0.791. The summed E-state index contributed by atoms with van der Waals surface area (Å²) in [5.41, 5.74) is 2.34. The Morgan fingerprint density at radius 2 is 1.92 bits per heavy atom. The van der Waals surface area contributed by atoms with Gasteiger partial charge in [-0.2, -0.15) is 0 Å². The van der Waals surface area contributed by atoms with Crippen molar-refractivity contribution in [3.8, 4) is 5.75 Å². The van der Waals surface area contributed by atoms with Crippen LogP contribution in [0.2, 0.25) is 0 Å². The molecule has 0 aliphatic rings. The lowest BCUT2D eigenvalue weighted by Crippen LogP contribution is -2.26. The number of rotatable bonds is 7. The number of sulfonamides is 1. The lowest BCUT2D eigenvalue weighted by Gasteiger charge is -2.12. The van der Waals surface area contributed by atoms with E-state index in [0.717, 1.165) is 11.1 Å². The van der Waals surface area contributed by atoms with Gasteiger partial charge < -0.3 is 10.1 Å². The molecule has 0 aliphatic carbocycles. The molecule has 0 aliphatic heterocycles. The second kappa shape index (κ2) is 8.13. The summed E-state index contributed by atoms with van der Waals surface area (Å²) in [6.45, 7) is 4.27.